The quantitative estimate of drug-likeness (QED) is 0.525. The van der Waals surface area contributed by atoms with E-state index in [1.807, 2.05) is 13.8 Å². The van der Waals surface area contributed by atoms with E-state index in [1.165, 1.54) is 6.92 Å². The number of para-hydroxylation sites is 1. The van der Waals surface area contributed by atoms with Crippen molar-refractivity contribution in [2.45, 2.75) is 39.8 Å². The molecule has 2 rings (SSSR count). The molecule has 0 aliphatic rings. The van der Waals surface area contributed by atoms with Gasteiger partial charge in [-0.25, -0.2) is 4.79 Å². The van der Waals surface area contributed by atoms with Gasteiger partial charge < -0.3 is 14.4 Å². The van der Waals surface area contributed by atoms with Crippen LogP contribution in [0.5, 0.6) is 5.75 Å². The summed E-state index contributed by atoms with van der Waals surface area (Å²) in [7, 11) is -3.63. The van der Waals surface area contributed by atoms with Crippen LogP contribution in [0.1, 0.15) is 32.8 Å². The van der Waals surface area contributed by atoms with Gasteiger partial charge in [0.15, 0.2) is 0 Å². The molecule has 1 atom stereocenters. The number of rotatable bonds is 8. The van der Waals surface area contributed by atoms with E-state index >= 15 is 0 Å². The lowest BCUT2D eigenvalue weighted by Gasteiger charge is -2.29. The second-order valence-electron chi connectivity index (χ2n) is 6.49. The zero-order chi connectivity index (χ0) is 21.6. The van der Waals surface area contributed by atoms with Crippen LogP contribution in [0.15, 0.2) is 42.5 Å². The number of carbonyl (C=O) groups excluding carboxylic acids is 1. The molecule has 0 spiro atoms. The van der Waals surface area contributed by atoms with Crippen molar-refractivity contribution in [3.63, 3.8) is 0 Å². The van der Waals surface area contributed by atoms with Gasteiger partial charge in [0.1, 0.15) is 5.75 Å². The largest absolute Gasteiger partial charge is 0.382 e. The number of anilines is 1. The molecular formula is C20H24Cl2N2O4S. The first-order chi connectivity index (χ1) is 13.7. The Balaban J connectivity index is 2.24. The van der Waals surface area contributed by atoms with Crippen LogP contribution in [-0.4, -0.2) is 31.1 Å². The minimum Gasteiger partial charge on any atom is -0.382 e. The van der Waals surface area contributed by atoms with Crippen molar-refractivity contribution in [3.05, 3.63) is 58.1 Å². The van der Waals surface area contributed by atoms with Crippen LogP contribution >= 0.6 is 23.2 Å². The van der Waals surface area contributed by atoms with Crippen LogP contribution in [0.25, 0.3) is 0 Å². The van der Waals surface area contributed by atoms with E-state index in [2.05, 4.69) is 5.32 Å². The summed E-state index contributed by atoms with van der Waals surface area (Å²) < 4.78 is 28.5. The molecule has 2 amide bonds. The van der Waals surface area contributed by atoms with E-state index in [0.717, 1.165) is 12.0 Å². The molecule has 29 heavy (non-hydrogen) atoms. The molecule has 0 radical (unpaired) electrons. The molecule has 2 aromatic rings. The molecule has 2 aromatic carbocycles. The number of urea groups is 1. The summed E-state index contributed by atoms with van der Waals surface area (Å²) in [5.41, 5.74) is 1.08. The number of amides is 2. The zero-order valence-corrected chi connectivity index (χ0v) is 18.8. The molecule has 158 valence electrons. The van der Waals surface area contributed by atoms with Crippen LogP contribution in [0, 0.1) is 0 Å². The molecule has 9 heteroatoms. The average molecular weight is 459 g/mol. The third kappa shape index (κ3) is 6.52. The van der Waals surface area contributed by atoms with Gasteiger partial charge in [-0.2, -0.15) is 8.42 Å². The standard InChI is InChI=1S/C20H24Cl2N2O4S/c1-4-14(3)24(20(25)23-19-17(21)10-7-11-18(19)22)13-15-8-6-9-16(12-15)28-29(26,27)5-2/h6-12,14H,4-5,13H2,1-3H3,(H,23,25). The zero-order valence-electron chi connectivity index (χ0n) is 16.5. The summed E-state index contributed by atoms with van der Waals surface area (Å²) in [5, 5.41) is 3.46. The molecule has 1 unspecified atom stereocenters. The van der Waals surface area contributed by atoms with E-state index in [1.54, 1.807) is 47.4 Å². The summed E-state index contributed by atoms with van der Waals surface area (Å²) in [4.78, 5) is 14.6. The van der Waals surface area contributed by atoms with Crippen molar-refractivity contribution in [3.8, 4) is 5.75 Å². The predicted molar refractivity (Wildman–Crippen MR) is 117 cm³/mol. The van der Waals surface area contributed by atoms with Gasteiger partial charge in [0, 0.05) is 12.6 Å². The van der Waals surface area contributed by atoms with Crippen LogP contribution < -0.4 is 9.50 Å². The number of hydrogen-bond donors (Lipinski definition) is 1. The molecule has 0 heterocycles. The minimum absolute atomic E-state index is 0.0831. The van der Waals surface area contributed by atoms with Gasteiger partial charge in [0.2, 0.25) is 0 Å². The number of carbonyl (C=O) groups is 1. The summed E-state index contributed by atoms with van der Waals surface area (Å²) in [6.07, 6.45) is 0.726. The maximum atomic E-state index is 13.0. The normalized spacial score (nSPS) is 12.3. The molecule has 0 saturated carbocycles. The maximum absolute atomic E-state index is 13.0. The highest BCUT2D eigenvalue weighted by molar-refractivity contribution is 7.87. The van der Waals surface area contributed by atoms with E-state index in [9.17, 15) is 13.2 Å². The highest BCUT2D eigenvalue weighted by atomic mass is 35.5. The fourth-order valence-electron chi connectivity index (χ4n) is 2.54. The van der Waals surface area contributed by atoms with E-state index in [0.29, 0.717) is 15.7 Å². The van der Waals surface area contributed by atoms with Crippen molar-refractivity contribution < 1.29 is 17.4 Å². The van der Waals surface area contributed by atoms with Crippen LogP contribution in [-0.2, 0) is 16.7 Å². The highest BCUT2D eigenvalue weighted by Gasteiger charge is 2.21. The molecule has 0 saturated heterocycles. The Labute approximate surface area is 181 Å². The predicted octanol–water partition coefficient (Wildman–Crippen LogP) is 5.55. The Morgan fingerprint density at radius 1 is 1.14 bits per heavy atom. The van der Waals surface area contributed by atoms with Crippen molar-refractivity contribution in [2.75, 3.05) is 11.1 Å². The van der Waals surface area contributed by atoms with Crippen LogP contribution in [0.3, 0.4) is 0 Å². The van der Waals surface area contributed by atoms with Gasteiger partial charge >= 0.3 is 16.1 Å². The SMILES string of the molecule is CCC(C)N(Cc1cccc(OS(=O)(=O)CC)c1)C(=O)Nc1c(Cl)cccc1Cl. The second-order valence-corrected chi connectivity index (χ2v) is 9.16. The number of halogens is 2. The lowest BCUT2D eigenvalue weighted by Crippen LogP contribution is -2.40. The lowest BCUT2D eigenvalue weighted by atomic mass is 10.1. The van der Waals surface area contributed by atoms with Crippen LogP contribution in [0.2, 0.25) is 10.0 Å². The molecule has 0 aliphatic carbocycles. The number of hydrogen-bond acceptors (Lipinski definition) is 4. The minimum atomic E-state index is -3.63. The van der Waals surface area contributed by atoms with Crippen molar-refractivity contribution in [1.29, 1.82) is 0 Å². The summed E-state index contributed by atoms with van der Waals surface area (Å²) in [6.45, 7) is 5.66. The topological polar surface area (TPSA) is 75.7 Å². The van der Waals surface area contributed by atoms with Gasteiger partial charge in [0.25, 0.3) is 0 Å². The highest BCUT2D eigenvalue weighted by Crippen LogP contribution is 2.30. The molecule has 1 N–H and O–H groups in total. The molecule has 0 bridgehead atoms. The van der Waals surface area contributed by atoms with Gasteiger partial charge in [-0.3, -0.25) is 0 Å². The molecule has 6 nitrogen and oxygen atoms in total. The Morgan fingerprint density at radius 3 is 2.34 bits per heavy atom. The number of nitrogens with one attached hydrogen (secondary N) is 1. The van der Waals surface area contributed by atoms with Crippen LogP contribution in [0.4, 0.5) is 10.5 Å². The van der Waals surface area contributed by atoms with Gasteiger partial charge in [-0.1, -0.05) is 48.3 Å². The van der Waals surface area contributed by atoms with Crippen molar-refractivity contribution >= 4 is 45.0 Å². The van der Waals surface area contributed by atoms with Gasteiger partial charge in [0.05, 0.1) is 21.5 Å². The summed E-state index contributed by atoms with van der Waals surface area (Å²) >= 11 is 12.3. The third-order valence-electron chi connectivity index (χ3n) is 4.41. The van der Waals surface area contributed by atoms with E-state index < -0.39 is 10.1 Å². The maximum Gasteiger partial charge on any atom is 0.322 e. The monoisotopic (exact) mass is 458 g/mol. The first kappa shape index (κ1) is 23.3. The Kier molecular flexibility index (Phi) is 8.19. The third-order valence-corrected chi connectivity index (χ3v) is 6.19. The second kappa shape index (κ2) is 10.2. The fraction of sp³-hybridized carbons (Fsp3) is 0.350. The summed E-state index contributed by atoms with van der Waals surface area (Å²) in [6, 6.07) is 11.2. The van der Waals surface area contributed by atoms with E-state index in [4.69, 9.17) is 27.4 Å². The molecule has 0 aliphatic heterocycles. The van der Waals surface area contributed by atoms with Gasteiger partial charge in [-0.05, 0) is 50.1 Å². The first-order valence-electron chi connectivity index (χ1n) is 9.19. The van der Waals surface area contributed by atoms with Crippen molar-refractivity contribution in [1.82, 2.24) is 4.90 Å². The Bertz CT molecular complexity index is 946. The smallest absolute Gasteiger partial charge is 0.322 e. The molecular weight excluding hydrogens is 435 g/mol. The van der Waals surface area contributed by atoms with Crippen molar-refractivity contribution in [2.24, 2.45) is 0 Å². The van der Waals surface area contributed by atoms with E-state index in [-0.39, 0.29) is 30.1 Å². The molecule has 0 aromatic heterocycles. The first-order valence-corrected chi connectivity index (χ1v) is 11.5. The summed E-state index contributed by atoms with van der Waals surface area (Å²) in [5.74, 6) is 0.0834. The van der Waals surface area contributed by atoms with Gasteiger partial charge in [-0.15, -0.1) is 0 Å². The fourth-order valence-corrected chi connectivity index (χ4v) is 3.55. The average Bonchev–Trinajstić information content (AvgIpc) is 2.68. The Morgan fingerprint density at radius 2 is 1.76 bits per heavy atom. The lowest BCUT2D eigenvalue weighted by molar-refractivity contribution is 0.187. The number of benzene rings is 2. The Hall–Kier alpha value is -1.96. The number of nitrogens with zero attached hydrogens (tertiary/aromatic N) is 1. The molecule has 0 fully saturated rings.